The molecule has 1 aromatic rings. The summed E-state index contributed by atoms with van der Waals surface area (Å²) >= 11 is 0. The Morgan fingerprint density at radius 2 is 1.94 bits per heavy atom. The van der Waals surface area contributed by atoms with E-state index in [0.29, 0.717) is 19.5 Å². The van der Waals surface area contributed by atoms with Gasteiger partial charge in [-0.05, 0) is 43.0 Å². The molecule has 0 aromatic heterocycles. The molecular weight excluding hydrogens is 200 g/mol. The van der Waals surface area contributed by atoms with E-state index in [1.165, 1.54) is 16.7 Å². The first-order chi connectivity index (χ1) is 7.56. The zero-order valence-electron chi connectivity index (χ0n) is 10.3. The summed E-state index contributed by atoms with van der Waals surface area (Å²) in [4.78, 5) is 11.6. The van der Waals surface area contributed by atoms with Gasteiger partial charge in [-0.2, -0.15) is 0 Å². The molecule has 0 unspecified atom stereocenters. The van der Waals surface area contributed by atoms with Crippen molar-refractivity contribution < 1.29 is 4.79 Å². The zero-order valence-corrected chi connectivity index (χ0v) is 10.3. The van der Waals surface area contributed by atoms with Gasteiger partial charge in [-0.15, -0.1) is 0 Å². The van der Waals surface area contributed by atoms with Crippen LogP contribution in [0.3, 0.4) is 0 Å². The van der Waals surface area contributed by atoms with E-state index in [1.54, 1.807) is 0 Å². The van der Waals surface area contributed by atoms with E-state index in [0.717, 1.165) is 5.56 Å². The van der Waals surface area contributed by atoms with Gasteiger partial charge in [-0.3, -0.25) is 4.79 Å². The molecule has 0 fully saturated rings. The molecule has 16 heavy (non-hydrogen) atoms. The lowest BCUT2D eigenvalue weighted by atomic mass is 9.97. The topological polar surface area (TPSA) is 55.1 Å². The minimum atomic E-state index is 0.0387. The molecule has 0 aliphatic rings. The first kappa shape index (κ1) is 12.7. The molecule has 1 amide bonds. The molecule has 0 aliphatic heterocycles. The summed E-state index contributed by atoms with van der Waals surface area (Å²) in [5, 5.41) is 2.78. The van der Waals surface area contributed by atoms with Crippen LogP contribution in [-0.2, 0) is 11.2 Å². The van der Waals surface area contributed by atoms with E-state index in [2.05, 4.69) is 32.2 Å². The molecule has 3 heteroatoms. The van der Waals surface area contributed by atoms with Crippen molar-refractivity contribution in [3.05, 3.63) is 34.4 Å². The molecule has 0 atom stereocenters. The fourth-order valence-electron chi connectivity index (χ4n) is 1.65. The lowest BCUT2D eigenvalue weighted by molar-refractivity contribution is -0.120. The minimum absolute atomic E-state index is 0.0387. The van der Waals surface area contributed by atoms with Gasteiger partial charge in [-0.25, -0.2) is 0 Å². The van der Waals surface area contributed by atoms with Crippen molar-refractivity contribution >= 4 is 5.91 Å². The summed E-state index contributed by atoms with van der Waals surface area (Å²) in [5.41, 5.74) is 10.2. The molecule has 88 valence electrons. The standard InChI is InChI=1S/C13H20N2O/c1-9-4-5-12(11(3)10(9)2)8-13(16)15-7-6-14/h4-5H,6-8,14H2,1-3H3,(H,15,16). The second kappa shape index (κ2) is 5.66. The van der Waals surface area contributed by atoms with E-state index in [9.17, 15) is 4.79 Å². The van der Waals surface area contributed by atoms with Crippen LogP contribution >= 0.6 is 0 Å². The van der Waals surface area contributed by atoms with Gasteiger partial charge in [0.1, 0.15) is 0 Å². The highest BCUT2D eigenvalue weighted by Crippen LogP contribution is 2.17. The predicted molar refractivity (Wildman–Crippen MR) is 66.4 cm³/mol. The quantitative estimate of drug-likeness (QED) is 0.802. The zero-order chi connectivity index (χ0) is 12.1. The van der Waals surface area contributed by atoms with E-state index in [4.69, 9.17) is 5.73 Å². The number of carbonyl (C=O) groups is 1. The lowest BCUT2D eigenvalue weighted by Crippen LogP contribution is -2.30. The van der Waals surface area contributed by atoms with Gasteiger partial charge >= 0.3 is 0 Å². The number of hydrogen-bond donors (Lipinski definition) is 2. The molecule has 0 saturated heterocycles. The van der Waals surface area contributed by atoms with E-state index in [1.807, 2.05) is 6.07 Å². The van der Waals surface area contributed by atoms with Crippen LogP contribution < -0.4 is 11.1 Å². The van der Waals surface area contributed by atoms with Crippen molar-refractivity contribution in [2.45, 2.75) is 27.2 Å². The molecule has 0 bridgehead atoms. The third kappa shape index (κ3) is 3.07. The Bertz CT molecular complexity index is 386. The summed E-state index contributed by atoms with van der Waals surface area (Å²) < 4.78 is 0. The monoisotopic (exact) mass is 220 g/mol. The number of nitrogens with one attached hydrogen (secondary N) is 1. The van der Waals surface area contributed by atoms with Crippen LogP contribution in [0.25, 0.3) is 0 Å². The van der Waals surface area contributed by atoms with E-state index in [-0.39, 0.29) is 5.91 Å². The van der Waals surface area contributed by atoms with Crippen molar-refractivity contribution in [3.8, 4) is 0 Å². The number of carbonyl (C=O) groups excluding carboxylic acids is 1. The Labute approximate surface area is 97.0 Å². The Morgan fingerprint density at radius 1 is 1.25 bits per heavy atom. The number of hydrogen-bond acceptors (Lipinski definition) is 2. The normalized spacial score (nSPS) is 10.2. The molecule has 1 aromatic carbocycles. The summed E-state index contributed by atoms with van der Waals surface area (Å²) in [5.74, 6) is 0.0387. The number of benzene rings is 1. The number of amides is 1. The van der Waals surface area contributed by atoms with Crippen LogP contribution in [0.15, 0.2) is 12.1 Å². The lowest BCUT2D eigenvalue weighted by Gasteiger charge is -2.11. The molecule has 3 nitrogen and oxygen atoms in total. The fourth-order valence-corrected chi connectivity index (χ4v) is 1.65. The third-order valence-corrected chi connectivity index (χ3v) is 2.99. The minimum Gasteiger partial charge on any atom is -0.355 e. The first-order valence-corrected chi connectivity index (χ1v) is 5.58. The van der Waals surface area contributed by atoms with Crippen molar-refractivity contribution in [1.29, 1.82) is 0 Å². The second-order valence-corrected chi connectivity index (χ2v) is 4.11. The molecule has 0 spiro atoms. The molecule has 0 radical (unpaired) electrons. The fraction of sp³-hybridized carbons (Fsp3) is 0.462. The van der Waals surface area contributed by atoms with Gasteiger partial charge in [0.2, 0.25) is 5.91 Å². The van der Waals surface area contributed by atoms with E-state index >= 15 is 0 Å². The largest absolute Gasteiger partial charge is 0.355 e. The molecule has 3 N–H and O–H groups in total. The highest BCUT2D eigenvalue weighted by atomic mass is 16.1. The summed E-state index contributed by atoms with van der Waals surface area (Å²) in [6.07, 6.45) is 0.437. The predicted octanol–water partition coefficient (Wildman–Crippen LogP) is 1.23. The van der Waals surface area contributed by atoms with Crippen molar-refractivity contribution in [2.24, 2.45) is 5.73 Å². The van der Waals surface area contributed by atoms with Crippen molar-refractivity contribution in [1.82, 2.24) is 5.32 Å². The highest BCUT2D eigenvalue weighted by molar-refractivity contribution is 5.79. The van der Waals surface area contributed by atoms with Crippen LogP contribution in [0.4, 0.5) is 0 Å². The van der Waals surface area contributed by atoms with Gasteiger partial charge in [0.05, 0.1) is 6.42 Å². The highest BCUT2D eigenvalue weighted by Gasteiger charge is 2.07. The first-order valence-electron chi connectivity index (χ1n) is 5.58. The number of aryl methyl sites for hydroxylation is 1. The molecule has 0 heterocycles. The smallest absolute Gasteiger partial charge is 0.224 e. The number of rotatable bonds is 4. The molecule has 0 aliphatic carbocycles. The van der Waals surface area contributed by atoms with Gasteiger partial charge in [0.15, 0.2) is 0 Å². The van der Waals surface area contributed by atoms with Gasteiger partial charge in [0, 0.05) is 13.1 Å². The second-order valence-electron chi connectivity index (χ2n) is 4.11. The number of nitrogens with two attached hydrogens (primary N) is 1. The maximum absolute atomic E-state index is 11.6. The molecule has 0 saturated carbocycles. The average Bonchev–Trinajstić information content (AvgIpc) is 2.27. The third-order valence-electron chi connectivity index (χ3n) is 2.99. The van der Waals surface area contributed by atoms with Gasteiger partial charge in [-0.1, -0.05) is 12.1 Å². The van der Waals surface area contributed by atoms with Crippen molar-refractivity contribution in [2.75, 3.05) is 13.1 Å². The average molecular weight is 220 g/mol. The molecule has 1 rings (SSSR count). The van der Waals surface area contributed by atoms with Gasteiger partial charge in [0.25, 0.3) is 0 Å². The Hall–Kier alpha value is -1.35. The van der Waals surface area contributed by atoms with Gasteiger partial charge < -0.3 is 11.1 Å². The Morgan fingerprint density at radius 3 is 2.56 bits per heavy atom. The van der Waals surface area contributed by atoms with Crippen LogP contribution in [-0.4, -0.2) is 19.0 Å². The van der Waals surface area contributed by atoms with Crippen LogP contribution in [0.1, 0.15) is 22.3 Å². The summed E-state index contributed by atoms with van der Waals surface area (Å²) in [6, 6.07) is 4.09. The summed E-state index contributed by atoms with van der Waals surface area (Å²) in [7, 11) is 0. The summed E-state index contributed by atoms with van der Waals surface area (Å²) in [6.45, 7) is 7.26. The SMILES string of the molecule is Cc1ccc(CC(=O)NCCN)c(C)c1C. The van der Waals surface area contributed by atoms with E-state index < -0.39 is 0 Å². The van der Waals surface area contributed by atoms with Crippen LogP contribution in [0.2, 0.25) is 0 Å². The maximum atomic E-state index is 11.6. The van der Waals surface area contributed by atoms with Crippen LogP contribution in [0, 0.1) is 20.8 Å². The maximum Gasteiger partial charge on any atom is 0.224 e. The Kier molecular flexibility index (Phi) is 4.50. The Balaban J connectivity index is 2.74. The molecular formula is C13H20N2O. The van der Waals surface area contributed by atoms with Crippen molar-refractivity contribution in [3.63, 3.8) is 0 Å². The van der Waals surface area contributed by atoms with Crippen LogP contribution in [0.5, 0.6) is 0 Å².